The van der Waals surface area contributed by atoms with Gasteiger partial charge in [-0.3, -0.25) is 0 Å². The van der Waals surface area contributed by atoms with Crippen LogP contribution < -0.4 is 10.2 Å². The summed E-state index contributed by atoms with van der Waals surface area (Å²) in [7, 11) is 2.11. The number of carbonyl (C=O) groups is 1. The van der Waals surface area contributed by atoms with E-state index in [1.54, 1.807) is 0 Å². The zero-order chi connectivity index (χ0) is 16.1. The molecule has 0 atom stereocenters. The number of urea groups is 1. The number of aromatic nitrogens is 1. The number of nitrogens with one attached hydrogen (secondary N) is 1. The van der Waals surface area contributed by atoms with Gasteiger partial charge in [-0.2, -0.15) is 0 Å². The van der Waals surface area contributed by atoms with Gasteiger partial charge in [-0.25, -0.2) is 9.78 Å². The third-order valence-corrected chi connectivity index (χ3v) is 4.69. The van der Waals surface area contributed by atoms with Gasteiger partial charge in [0.1, 0.15) is 5.82 Å². The molecule has 0 aliphatic carbocycles. The van der Waals surface area contributed by atoms with Crippen LogP contribution in [0.1, 0.15) is 24.8 Å². The van der Waals surface area contributed by atoms with E-state index in [1.807, 2.05) is 17.2 Å². The van der Waals surface area contributed by atoms with Gasteiger partial charge < -0.3 is 20.0 Å². The Morgan fingerprint density at radius 2 is 1.96 bits per heavy atom. The zero-order valence-corrected chi connectivity index (χ0v) is 14.0. The molecule has 3 rings (SSSR count). The Morgan fingerprint density at radius 3 is 2.78 bits per heavy atom. The third-order valence-electron chi connectivity index (χ3n) is 4.69. The molecule has 0 saturated carbocycles. The Kier molecular flexibility index (Phi) is 5.33. The van der Waals surface area contributed by atoms with Crippen molar-refractivity contribution in [2.45, 2.75) is 25.8 Å². The van der Waals surface area contributed by atoms with Crippen LogP contribution in [0.5, 0.6) is 0 Å². The average molecular weight is 317 g/mol. The highest BCUT2D eigenvalue weighted by atomic mass is 16.2. The Bertz CT molecular complexity index is 529. The summed E-state index contributed by atoms with van der Waals surface area (Å²) in [6.07, 6.45) is 5.37. The van der Waals surface area contributed by atoms with Crippen LogP contribution in [0.25, 0.3) is 0 Å². The van der Waals surface area contributed by atoms with Crippen LogP contribution in [-0.4, -0.2) is 67.1 Å². The minimum absolute atomic E-state index is 0.0415. The monoisotopic (exact) mass is 317 g/mol. The molecule has 23 heavy (non-hydrogen) atoms. The van der Waals surface area contributed by atoms with E-state index < -0.39 is 0 Å². The normalized spacial score (nSPS) is 19.7. The predicted molar refractivity (Wildman–Crippen MR) is 91.6 cm³/mol. The second-order valence-electron chi connectivity index (χ2n) is 6.52. The molecule has 3 heterocycles. The summed E-state index contributed by atoms with van der Waals surface area (Å²) in [5.74, 6) is 1.03. The van der Waals surface area contributed by atoms with Crippen molar-refractivity contribution in [2.75, 3.05) is 51.2 Å². The topological polar surface area (TPSA) is 51.7 Å². The number of rotatable bonds is 3. The van der Waals surface area contributed by atoms with Gasteiger partial charge in [0.25, 0.3) is 0 Å². The fourth-order valence-electron chi connectivity index (χ4n) is 3.23. The summed E-state index contributed by atoms with van der Waals surface area (Å²) in [6, 6.07) is 4.12. The molecular formula is C17H27N5O. The number of hydrogen-bond donors (Lipinski definition) is 1. The van der Waals surface area contributed by atoms with Crippen molar-refractivity contribution in [2.24, 2.45) is 0 Å². The number of nitrogens with zero attached hydrogens (tertiary/aromatic N) is 4. The Hall–Kier alpha value is -1.82. The van der Waals surface area contributed by atoms with Crippen LogP contribution in [0.15, 0.2) is 18.3 Å². The van der Waals surface area contributed by atoms with Crippen molar-refractivity contribution in [3.8, 4) is 0 Å². The lowest BCUT2D eigenvalue weighted by Gasteiger charge is -2.21. The lowest BCUT2D eigenvalue weighted by atomic mass is 10.2. The van der Waals surface area contributed by atoms with Crippen molar-refractivity contribution in [3.63, 3.8) is 0 Å². The van der Waals surface area contributed by atoms with Crippen LogP contribution in [0, 0.1) is 0 Å². The highest BCUT2D eigenvalue weighted by Gasteiger charge is 2.17. The predicted octanol–water partition coefficient (Wildman–Crippen LogP) is 1.53. The van der Waals surface area contributed by atoms with Gasteiger partial charge >= 0.3 is 6.03 Å². The van der Waals surface area contributed by atoms with Crippen LogP contribution >= 0.6 is 0 Å². The van der Waals surface area contributed by atoms with Crippen LogP contribution in [-0.2, 0) is 6.54 Å². The van der Waals surface area contributed by atoms with E-state index in [0.29, 0.717) is 6.54 Å². The molecule has 1 N–H and O–H groups in total. The molecule has 2 aliphatic rings. The summed E-state index contributed by atoms with van der Waals surface area (Å²) >= 11 is 0. The number of anilines is 1. The van der Waals surface area contributed by atoms with Gasteiger partial charge in [0.15, 0.2) is 0 Å². The van der Waals surface area contributed by atoms with Crippen molar-refractivity contribution in [1.29, 1.82) is 0 Å². The molecule has 2 aliphatic heterocycles. The van der Waals surface area contributed by atoms with Crippen molar-refractivity contribution in [1.82, 2.24) is 20.1 Å². The number of hydrogen-bond acceptors (Lipinski definition) is 4. The quantitative estimate of drug-likeness (QED) is 0.918. The molecule has 0 bridgehead atoms. The molecule has 0 radical (unpaired) electrons. The first-order valence-corrected chi connectivity index (χ1v) is 8.63. The molecule has 2 amide bonds. The number of amides is 2. The van der Waals surface area contributed by atoms with Crippen LogP contribution in [0.3, 0.4) is 0 Å². The van der Waals surface area contributed by atoms with Crippen molar-refractivity contribution < 1.29 is 4.79 Å². The Balaban J connectivity index is 1.53. The molecule has 0 aromatic carbocycles. The van der Waals surface area contributed by atoms with Gasteiger partial charge in [0.2, 0.25) is 0 Å². The summed E-state index contributed by atoms with van der Waals surface area (Å²) < 4.78 is 0. The molecule has 2 fully saturated rings. The van der Waals surface area contributed by atoms with Gasteiger partial charge in [0.05, 0.1) is 0 Å². The molecule has 6 heteroatoms. The highest BCUT2D eigenvalue weighted by molar-refractivity contribution is 5.74. The fourth-order valence-corrected chi connectivity index (χ4v) is 3.23. The van der Waals surface area contributed by atoms with E-state index in [1.165, 1.54) is 12.8 Å². The maximum Gasteiger partial charge on any atom is 0.317 e. The number of carbonyl (C=O) groups excluding carboxylic acids is 1. The van der Waals surface area contributed by atoms with Gasteiger partial charge in [-0.05, 0) is 50.6 Å². The molecule has 0 unspecified atom stereocenters. The highest BCUT2D eigenvalue weighted by Crippen LogP contribution is 2.18. The maximum atomic E-state index is 12.3. The van der Waals surface area contributed by atoms with Crippen LogP contribution in [0.4, 0.5) is 10.6 Å². The van der Waals surface area contributed by atoms with E-state index in [9.17, 15) is 4.79 Å². The molecule has 1 aromatic heterocycles. The third kappa shape index (κ3) is 4.34. The SMILES string of the molecule is CN1CCCN(C(=O)NCc2ccnc(N3CCCC3)c2)CC1. The van der Waals surface area contributed by atoms with E-state index >= 15 is 0 Å². The maximum absolute atomic E-state index is 12.3. The van der Waals surface area contributed by atoms with Gasteiger partial charge in [-0.1, -0.05) is 0 Å². The molecular weight excluding hydrogens is 290 g/mol. The largest absolute Gasteiger partial charge is 0.357 e. The molecule has 0 spiro atoms. The lowest BCUT2D eigenvalue weighted by molar-refractivity contribution is 0.199. The zero-order valence-electron chi connectivity index (χ0n) is 14.0. The Labute approximate surface area is 138 Å². The van der Waals surface area contributed by atoms with E-state index in [4.69, 9.17) is 0 Å². The van der Waals surface area contributed by atoms with Gasteiger partial charge in [0, 0.05) is 45.5 Å². The van der Waals surface area contributed by atoms with E-state index in [0.717, 1.165) is 57.1 Å². The lowest BCUT2D eigenvalue weighted by Crippen LogP contribution is -2.41. The van der Waals surface area contributed by atoms with E-state index in [-0.39, 0.29) is 6.03 Å². The summed E-state index contributed by atoms with van der Waals surface area (Å²) in [5, 5.41) is 3.05. The number of pyridine rings is 1. The first-order chi connectivity index (χ1) is 11.2. The Morgan fingerprint density at radius 1 is 1.13 bits per heavy atom. The number of likely N-dealkylation sites (N-methyl/N-ethyl adjacent to an activating group) is 1. The second-order valence-corrected chi connectivity index (χ2v) is 6.52. The summed E-state index contributed by atoms with van der Waals surface area (Å²) in [5.41, 5.74) is 1.11. The molecule has 2 saturated heterocycles. The van der Waals surface area contributed by atoms with Crippen LogP contribution in [0.2, 0.25) is 0 Å². The second kappa shape index (κ2) is 7.64. The van der Waals surface area contributed by atoms with Gasteiger partial charge in [-0.15, -0.1) is 0 Å². The first-order valence-electron chi connectivity index (χ1n) is 8.63. The minimum Gasteiger partial charge on any atom is -0.357 e. The summed E-state index contributed by atoms with van der Waals surface area (Å²) in [6.45, 7) is 6.39. The van der Waals surface area contributed by atoms with Crippen molar-refractivity contribution >= 4 is 11.8 Å². The molecule has 6 nitrogen and oxygen atoms in total. The van der Waals surface area contributed by atoms with E-state index in [2.05, 4.69) is 33.2 Å². The minimum atomic E-state index is 0.0415. The standard InChI is InChI=1S/C17H27N5O/c1-20-7-4-10-22(12-11-20)17(23)19-14-15-5-6-18-16(13-15)21-8-2-3-9-21/h5-6,13H,2-4,7-12,14H2,1H3,(H,19,23). The molecule has 1 aromatic rings. The average Bonchev–Trinajstić information content (AvgIpc) is 3.02. The fraction of sp³-hybridized carbons (Fsp3) is 0.647. The summed E-state index contributed by atoms with van der Waals surface area (Å²) in [4.78, 5) is 23.3. The smallest absolute Gasteiger partial charge is 0.317 e. The first kappa shape index (κ1) is 16.1. The molecule has 126 valence electrons. The van der Waals surface area contributed by atoms with Crippen molar-refractivity contribution in [3.05, 3.63) is 23.9 Å².